The summed E-state index contributed by atoms with van der Waals surface area (Å²) in [6.07, 6.45) is 18.8. The second-order valence-corrected chi connectivity index (χ2v) is 11.8. The predicted octanol–water partition coefficient (Wildman–Crippen LogP) is 5.77. The molecule has 0 amide bonds. The normalized spacial score (nSPS) is 48.7. The molecular formula is C25H44N4. The Morgan fingerprint density at radius 2 is 1.83 bits per heavy atom. The standard InChI is InChI=1S/C25H44N4/c1-4-17-16-19-21-12-11-18(8-7-10-23-26-28-29-27-23)24(21,2)15-13-22(19)25(3)14-6-5-9-20(17)25/h17-22,28-29H,4-16H2,1-3H3,(H,26,27)/t17-,18?,19?,20?,21?,22-,24?,25?/m0/s1. The topological polar surface area (TPSA) is 48.5 Å². The first-order chi connectivity index (χ1) is 14.1. The molecule has 0 aromatic carbocycles. The van der Waals surface area contributed by atoms with Gasteiger partial charge in [-0.1, -0.05) is 40.0 Å². The summed E-state index contributed by atoms with van der Waals surface area (Å²) in [6, 6.07) is 0. The van der Waals surface area contributed by atoms with E-state index in [1.807, 2.05) is 0 Å². The predicted molar refractivity (Wildman–Crippen MR) is 120 cm³/mol. The van der Waals surface area contributed by atoms with Crippen LogP contribution in [0.5, 0.6) is 0 Å². The molecule has 0 saturated heterocycles. The van der Waals surface area contributed by atoms with Crippen molar-refractivity contribution < 1.29 is 0 Å². The second-order valence-electron chi connectivity index (χ2n) is 11.8. The van der Waals surface area contributed by atoms with E-state index >= 15 is 0 Å². The molecule has 164 valence electrons. The van der Waals surface area contributed by atoms with Crippen molar-refractivity contribution in [1.29, 1.82) is 0 Å². The molecule has 0 spiro atoms. The summed E-state index contributed by atoms with van der Waals surface area (Å²) < 4.78 is 0. The summed E-state index contributed by atoms with van der Waals surface area (Å²) in [6.45, 7) is 7.93. The minimum atomic E-state index is 0.610. The summed E-state index contributed by atoms with van der Waals surface area (Å²) in [5.74, 6) is 7.11. The Bertz CT molecular complexity index is 632. The summed E-state index contributed by atoms with van der Waals surface area (Å²) in [7, 11) is 0. The number of rotatable bonds is 5. The van der Waals surface area contributed by atoms with Crippen LogP contribution in [0, 0.1) is 46.3 Å². The van der Waals surface area contributed by atoms with Crippen LogP contribution in [0.25, 0.3) is 0 Å². The highest BCUT2D eigenvalue weighted by Crippen LogP contribution is 2.69. The van der Waals surface area contributed by atoms with Crippen LogP contribution >= 0.6 is 0 Å². The quantitative estimate of drug-likeness (QED) is 0.549. The lowest BCUT2D eigenvalue weighted by molar-refractivity contribution is -0.135. The molecule has 4 aliphatic carbocycles. The van der Waals surface area contributed by atoms with Gasteiger partial charge in [0.05, 0.1) is 0 Å². The van der Waals surface area contributed by atoms with Crippen molar-refractivity contribution in [3.8, 4) is 0 Å². The molecule has 0 radical (unpaired) electrons. The zero-order valence-electron chi connectivity index (χ0n) is 19.1. The molecule has 1 aliphatic heterocycles. The monoisotopic (exact) mass is 400 g/mol. The highest BCUT2D eigenvalue weighted by atomic mass is 15.8. The molecule has 1 heterocycles. The van der Waals surface area contributed by atoms with E-state index < -0.39 is 0 Å². The molecular weight excluding hydrogens is 356 g/mol. The van der Waals surface area contributed by atoms with Crippen LogP contribution in [-0.2, 0) is 0 Å². The van der Waals surface area contributed by atoms with E-state index in [-0.39, 0.29) is 0 Å². The molecule has 8 atom stereocenters. The maximum absolute atomic E-state index is 4.26. The van der Waals surface area contributed by atoms with Gasteiger partial charge in [0.25, 0.3) is 0 Å². The number of hydrazine groups is 2. The minimum Gasteiger partial charge on any atom is -0.289 e. The van der Waals surface area contributed by atoms with Gasteiger partial charge in [-0.25, -0.2) is 5.53 Å². The fraction of sp³-hybridized carbons (Fsp3) is 0.960. The van der Waals surface area contributed by atoms with Gasteiger partial charge in [-0.15, -0.1) is 10.6 Å². The molecule has 0 aromatic rings. The number of nitrogens with one attached hydrogen (secondary N) is 3. The maximum Gasteiger partial charge on any atom is 0.139 e. The summed E-state index contributed by atoms with van der Waals surface area (Å²) in [4.78, 5) is 0. The lowest BCUT2D eigenvalue weighted by atomic mass is 9.42. The van der Waals surface area contributed by atoms with E-state index in [2.05, 4.69) is 42.4 Å². The number of hydrazone groups is 1. The lowest BCUT2D eigenvalue weighted by Gasteiger charge is -2.62. The van der Waals surface area contributed by atoms with E-state index in [1.165, 1.54) is 70.6 Å². The largest absolute Gasteiger partial charge is 0.289 e. The van der Waals surface area contributed by atoms with E-state index in [9.17, 15) is 0 Å². The van der Waals surface area contributed by atoms with Gasteiger partial charge >= 0.3 is 0 Å². The van der Waals surface area contributed by atoms with E-state index in [0.717, 1.165) is 47.8 Å². The first-order valence-corrected chi connectivity index (χ1v) is 12.9. The number of nitrogens with zero attached hydrogens (tertiary/aromatic N) is 1. The van der Waals surface area contributed by atoms with Crippen molar-refractivity contribution >= 4 is 5.84 Å². The van der Waals surface area contributed by atoms with Gasteiger partial charge in [-0.2, -0.15) is 0 Å². The fourth-order valence-electron chi connectivity index (χ4n) is 9.46. The minimum absolute atomic E-state index is 0.610. The average molecular weight is 401 g/mol. The highest BCUT2D eigenvalue weighted by molar-refractivity contribution is 5.82. The molecule has 5 rings (SSSR count). The molecule has 0 bridgehead atoms. The molecule has 6 unspecified atom stereocenters. The number of hydrogen-bond donors (Lipinski definition) is 3. The molecule has 0 aromatic heterocycles. The average Bonchev–Trinajstić information content (AvgIpc) is 3.35. The van der Waals surface area contributed by atoms with Gasteiger partial charge in [0.2, 0.25) is 0 Å². The molecule has 4 heteroatoms. The fourth-order valence-corrected chi connectivity index (χ4v) is 9.46. The first-order valence-electron chi connectivity index (χ1n) is 12.9. The van der Waals surface area contributed by atoms with Crippen LogP contribution in [0.15, 0.2) is 5.10 Å². The third-order valence-electron chi connectivity index (χ3n) is 10.9. The van der Waals surface area contributed by atoms with Gasteiger partial charge in [-0.05, 0) is 104 Å². The smallest absolute Gasteiger partial charge is 0.139 e. The van der Waals surface area contributed by atoms with Crippen LogP contribution in [0.1, 0.15) is 104 Å². The summed E-state index contributed by atoms with van der Waals surface area (Å²) in [5.41, 5.74) is 10.1. The van der Waals surface area contributed by atoms with Crippen molar-refractivity contribution in [2.24, 2.45) is 51.4 Å². The van der Waals surface area contributed by atoms with Crippen LogP contribution < -0.4 is 16.5 Å². The second kappa shape index (κ2) is 7.73. The molecule has 5 aliphatic rings. The van der Waals surface area contributed by atoms with Gasteiger partial charge in [0, 0.05) is 6.42 Å². The molecule has 4 nitrogen and oxygen atoms in total. The van der Waals surface area contributed by atoms with Gasteiger partial charge < -0.3 is 0 Å². The van der Waals surface area contributed by atoms with Crippen molar-refractivity contribution in [1.82, 2.24) is 16.5 Å². The Hall–Kier alpha value is -0.770. The van der Waals surface area contributed by atoms with Crippen molar-refractivity contribution in [3.63, 3.8) is 0 Å². The third-order valence-corrected chi connectivity index (χ3v) is 10.9. The number of amidine groups is 1. The lowest BCUT2D eigenvalue weighted by Crippen LogP contribution is -2.55. The number of hydrogen-bond acceptors (Lipinski definition) is 4. The third kappa shape index (κ3) is 3.23. The van der Waals surface area contributed by atoms with Crippen LogP contribution in [0.3, 0.4) is 0 Å². The van der Waals surface area contributed by atoms with Crippen molar-refractivity contribution in [2.45, 2.75) is 104 Å². The zero-order valence-corrected chi connectivity index (χ0v) is 19.1. The zero-order chi connectivity index (χ0) is 20.1. The van der Waals surface area contributed by atoms with E-state index in [0.29, 0.717) is 10.8 Å². The Morgan fingerprint density at radius 1 is 0.966 bits per heavy atom. The summed E-state index contributed by atoms with van der Waals surface area (Å²) >= 11 is 0. The van der Waals surface area contributed by atoms with Crippen LogP contribution in [0.4, 0.5) is 0 Å². The van der Waals surface area contributed by atoms with E-state index in [4.69, 9.17) is 0 Å². The van der Waals surface area contributed by atoms with Crippen LogP contribution in [-0.4, -0.2) is 5.84 Å². The summed E-state index contributed by atoms with van der Waals surface area (Å²) in [5, 5.41) is 4.26. The molecule has 4 fully saturated rings. The molecule has 3 N–H and O–H groups in total. The highest BCUT2D eigenvalue weighted by Gasteiger charge is 2.60. The Kier molecular flexibility index (Phi) is 5.37. The van der Waals surface area contributed by atoms with Gasteiger partial charge in [0.1, 0.15) is 5.84 Å². The Labute approximate surface area is 178 Å². The first kappa shape index (κ1) is 20.2. The maximum atomic E-state index is 4.26. The molecule has 4 saturated carbocycles. The number of fused-ring (bicyclic) bond motifs is 5. The van der Waals surface area contributed by atoms with Gasteiger partial charge in [0.15, 0.2) is 0 Å². The van der Waals surface area contributed by atoms with Crippen molar-refractivity contribution in [2.75, 3.05) is 0 Å². The molecule has 29 heavy (non-hydrogen) atoms. The van der Waals surface area contributed by atoms with Gasteiger partial charge in [-0.3, -0.25) is 5.43 Å². The van der Waals surface area contributed by atoms with Crippen LogP contribution in [0.2, 0.25) is 0 Å². The van der Waals surface area contributed by atoms with Crippen molar-refractivity contribution in [3.05, 3.63) is 0 Å². The Balaban J connectivity index is 1.30. The Morgan fingerprint density at radius 3 is 2.62 bits per heavy atom. The van der Waals surface area contributed by atoms with E-state index in [1.54, 1.807) is 6.42 Å². The SMILES string of the molecule is CC[C@H]1CC2C3CCC(CCCC4=NNNN4)C3(C)CC[C@@H]2C2(C)CCCCC12.